The van der Waals surface area contributed by atoms with E-state index in [-0.39, 0.29) is 18.2 Å². The van der Waals surface area contributed by atoms with Crippen molar-refractivity contribution < 1.29 is 9.59 Å². The number of nitrogens with zero attached hydrogens (tertiary/aromatic N) is 1. The minimum atomic E-state index is -0.461. The minimum absolute atomic E-state index is 0.0744. The first-order valence-corrected chi connectivity index (χ1v) is 8.81. The number of nitrogens with one attached hydrogen (secondary N) is 1. The van der Waals surface area contributed by atoms with Crippen molar-refractivity contribution in [1.29, 1.82) is 0 Å². The second kappa shape index (κ2) is 7.24. The number of carbonyl (C=O) groups excluding carboxylic acids is 2. The zero-order chi connectivity index (χ0) is 18.1. The van der Waals surface area contributed by atoms with Gasteiger partial charge in [0.15, 0.2) is 0 Å². The van der Waals surface area contributed by atoms with Crippen molar-refractivity contribution in [2.75, 3.05) is 16.8 Å². The summed E-state index contributed by atoms with van der Waals surface area (Å²) in [5, 5.41) is 3.64. The van der Waals surface area contributed by atoms with Crippen LogP contribution in [0.4, 0.5) is 11.4 Å². The van der Waals surface area contributed by atoms with Crippen molar-refractivity contribution >= 4 is 58.0 Å². The Labute approximate surface area is 160 Å². The number of rotatable bonds is 3. The average Bonchev–Trinajstić information content (AvgIpc) is 2.95. The van der Waals surface area contributed by atoms with Crippen LogP contribution in [0, 0.1) is 12.8 Å². The van der Waals surface area contributed by atoms with Gasteiger partial charge < -0.3 is 10.2 Å². The smallest absolute Gasteiger partial charge is 0.229 e. The normalized spacial score (nSPS) is 17.0. The lowest BCUT2D eigenvalue weighted by atomic mass is 10.1. The lowest BCUT2D eigenvalue weighted by molar-refractivity contribution is -0.122. The molecule has 0 aliphatic carbocycles. The summed E-state index contributed by atoms with van der Waals surface area (Å²) in [6, 6.07) is 10.6. The van der Waals surface area contributed by atoms with Crippen LogP contribution < -0.4 is 10.2 Å². The van der Waals surface area contributed by atoms with E-state index >= 15 is 0 Å². The second-order valence-corrected chi connectivity index (χ2v) is 7.15. The molecular formula is C18H15Cl3N2O2. The second-order valence-electron chi connectivity index (χ2n) is 5.93. The summed E-state index contributed by atoms with van der Waals surface area (Å²) in [4.78, 5) is 26.5. The number of benzene rings is 2. The van der Waals surface area contributed by atoms with Gasteiger partial charge in [-0.05, 0) is 30.7 Å². The zero-order valence-electron chi connectivity index (χ0n) is 13.4. The highest BCUT2D eigenvalue weighted by Gasteiger charge is 2.35. The molecule has 0 bridgehead atoms. The molecule has 1 atom stereocenters. The summed E-state index contributed by atoms with van der Waals surface area (Å²) in [6.07, 6.45) is 0.152. The fourth-order valence-electron chi connectivity index (χ4n) is 2.84. The summed E-state index contributed by atoms with van der Waals surface area (Å²) in [7, 11) is 0. The van der Waals surface area contributed by atoms with Crippen molar-refractivity contribution in [3.63, 3.8) is 0 Å². The largest absolute Gasteiger partial charge is 0.324 e. The number of para-hydroxylation sites is 1. The fourth-order valence-corrected chi connectivity index (χ4v) is 3.43. The molecule has 0 aromatic heterocycles. The van der Waals surface area contributed by atoms with Crippen LogP contribution in [-0.4, -0.2) is 18.4 Å². The Bertz CT molecular complexity index is 854. The van der Waals surface area contributed by atoms with Crippen LogP contribution in [0.15, 0.2) is 36.4 Å². The molecule has 25 heavy (non-hydrogen) atoms. The summed E-state index contributed by atoms with van der Waals surface area (Å²) in [6.45, 7) is 2.26. The number of carbonyl (C=O) groups is 2. The van der Waals surface area contributed by atoms with Gasteiger partial charge in [0.1, 0.15) is 0 Å². The maximum absolute atomic E-state index is 12.5. The molecule has 1 aliphatic heterocycles. The minimum Gasteiger partial charge on any atom is -0.324 e. The lowest BCUT2D eigenvalue weighted by Crippen LogP contribution is -2.28. The molecule has 0 unspecified atom stereocenters. The molecule has 2 aromatic rings. The van der Waals surface area contributed by atoms with Gasteiger partial charge in [0.25, 0.3) is 0 Å². The van der Waals surface area contributed by atoms with Crippen LogP contribution in [0.2, 0.25) is 15.1 Å². The van der Waals surface area contributed by atoms with Gasteiger partial charge in [-0.25, -0.2) is 0 Å². The Morgan fingerprint density at radius 2 is 1.80 bits per heavy atom. The Morgan fingerprint density at radius 3 is 2.52 bits per heavy atom. The number of aryl methyl sites for hydroxylation is 1. The maximum atomic E-state index is 12.5. The monoisotopic (exact) mass is 396 g/mol. The first-order valence-electron chi connectivity index (χ1n) is 7.68. The molecule has 1 heterocycles. The Balaban J connectivity index is 1.75. The molecule has 3 rings (SSSR count). The first kappa shape index (κ1) is 18.1. The van der Waals surface area contributed by atoms with Crippen molar-refractivity contribution in [3.8, 4) is 0 Å². The van der Waals surface area contributed by atoms with Gasteiger partial charge in [-0.3, -0.25) is 9.59 Å². The quantitative estimate of drug-likeness (QED) is 0.745. The number of anilines is 2. The number of hydrogen-bond donors (Lipinski definition) is 1. The molecule has 4 nitrogen and oxygen atoms in total. The predicted molar refractivity (Wildman–Crippen MR) is 102 cm³/mol. The van der Waals surface area contributed by atoms with E-state index < -0.39 is 5.92 Å². The molecule has 0 saturated carbocycles. The molecule has 1 N–H and O–H groups in total. The Morgan fingerprint density at radius 1 is 1.12 bits per heavy atom. The van der Waals surface area contributed by atoms with Gasteiger partial charge in [-0.15, -0.1) is 0 Å². The van der Waals surface area contributed by atoms with E-state index in [9.17, 15) is 9.59 Å². The van der Waals surface area contributed by atoms with Crippen LogP contribution in [-0.2, 0) is 9.59 Å². The standard InChI is InChI=1S/C18H15Cl3N2O2/c1-10-4-2-3-5-16(10)23-9-11(6-17(23)24)18(25)22-15-8-13(20)12(19)7-14(15)21/h2-5,7-8,11H,6,9H2,1H3,(H,22,25)/t11-/m0/s1. The lowest BCUT2D eigenvalue weighted by Gasteiger charge is -2.19. The third-order valence-electron chi connectivity index (χ3n) is 4.17. The first-order chi connectivity index (χ1) is 11.9. The van der Waals surface area contributed by atoms with E-state index in [1.54, 1.807) is 4.90 Å². The SMILES string of the molecule is Cc1ccccc1N1C[C@@H](C(=O)Nc2cc(Cl)c(Cl)cc2Cl)CC1=O. The van der Waals surface area contributed by atoms with Gasteiger partial charge in [0, 0.05) is 18.7 Å². The summed E-state index contributed by atoms with van der Waals surface area (Å²) in [5.41, 5.74) is 2.20. The molecule has 2 amide bonds. The van der Waals surface area contributed by atoms with E-state index in [4.69, 9.17) is 34.8 Å². The van der Waals surface area contributed by atoms with Crippen molar-refractivity contribution in [2.24, 2.45) is 5.92 Å². The summed E-state index contributed by atoms with van der Waals surface area (Å²) < 4.78 is 0. The molecule has 1 aliphatic rings. The van der Waals surface area contributed by atoms with Crippen LogP contribution in [0.25, 0.3) is 0 Å². The molecule has 0 radical (unpaired) electrons. The predicted octanol–water partition coefficient (Wildman–Crippen LogP) is 4.95. The Hall–Kier alpha value is -1.75. The van der Waals surface area contributed by atoms with Crippen LogP contribution in [0.5, 0.6) is 0 Å². The molecule has 2 aromatic carbocycles. The molecule has 130 valence electrons. The van der Waals surface area contributed by atoms with E-state index in [2.05, 4.69) is 5.32 Å². The van der Waals surface area contributed by atoms with Crippen molar-refractivity contribution in [3.05, 3.63) is 57.0 Å². The van der Waals surface area contributed by atoms with E-state index in [0.717, 1.165) is 11.3 Å². The molecule has 1 fully saturated rings. The van der Waals surface area contributed by atoms with Crippen LogP contribution in [0.3, 0.4) is 0 Å². The highest BCUT2D eigenvalue weighted by atomic mass is 35.5. The fraction of sp³-hybridized carbons (Fsp3) is 0.222. The van der Waals surface area contributed by atoms with Gasteiger partial charge in [0.2, 0.25) is 11.8 Å². The number of halogens is 3. The molecular weight excluding hydrogens is 383 g/mol. The van der Waals surface area contributed by atoms with E-state index in [1.807, 2.05) is 31.2 Å². The highest BCUT2D eigenvalue weighted by molar-refractivity contribution is 6.44. The van der Waals surface area contributed by atoms with Crippen LogP contribution >= 0.6 is 34.8 Å². The van der Waals surface area contributed by atoms with E-state index in [0.29, 0.717) is 27.3 Å². The topological polar surface area (TPSA) is 49.4 Å². The van der Waals surface area contributed by atoms with Gasteiger partial charge in [0.05, 0.1) is 26.7 Å². The van der Waals surface area contributed by atoms with Gasteiger partial charge in [-0.2, -0.15) is 0 Å². The van der Waals surface area contributed by atoms with Gasteiger partial charge >= 0.3 is 0 Å². The number of amides is 2. The average molecular weight is 398 g/mol. The highest BCUT2D eigenvalue weighted by Crippen LogP contribution is 2.33. The summed E-state index contributed by atoms with van der Waals surface area (Å²) in [5.74, 6) is -0.808. The molecule has 1 saturated heterocycles. The summed E-state index contributed by atoms with van der Waals surface area (Å²) >= 11 is 17.9. The van der Waals surface area contributed by atoms with Crippen LogP contribution in [0.1, 0.15) is 12.0 Å². The zero-order valence-corrected chi connectivity index (χ0v) is 15.6. The maximum Gasteiger partial charge on any atom is 0.229 e. The third-order valence-corrected chi connectivity index (χ3v) is 5.20. The van der Waals surface area contributed by atoms with E-state index in [1.165, 1.54) is 12.1 Å². The molecule has 7 heteroatoms. The van der Waals surface area contributed by atoms with Crippen molar-refractivity contribution in [1.82, 2.24) is 0 Å². The van der Waals surface area contributed by atoms with Gasteiger partial charge in [-0.1, -0.05) is 53.0 Å². The third kappa shape index (κ3) is 3.76. The molecule has 0 spiro atoms. The number of hydrogen-bond acceptors (Lipinski definition) is 2. The van der Waals surface area contributed by atoms with Crippen molar-refractivity contribution in [2.45, 2.75) is 13.3 Å². The Kier molecular flexibility index (Phi) is 5.23.